The van der Waals surface area contributed by atoms with Gasteiger partial charge in [0.05, 0.1) is 12.5 Å². The van der Waals surface area contributed by atoms with Gasteiger partial charge in [-0.15, -0.1) is 0 Å². The molecule has 0 spiro atoms. The van der Waals surface area contributed by atoms with Crippen molar-refractivity contribution in [3.05, 3.63) is 18.7 Å². The van der Waals surface area contributed by atoms with Crippen LogP contribution < -0.4 is 21.3 Å². The molecule has 0 radical (unpaired) electrons. The molecule has 3 heterocycles. The molecule has 0 aromatic carbocycles. The van der Waals surface area contributed by atoms with Crippen LogP contribution in [0.5, 0.6) is 0 Å². The number of aliphatic hydroxyl groups excluding tert-OH is 1. The minimum absolute atomic E-state index is 0.0427. The molecule has 18 nitrogen and oxygen atoms in total. The molecule has 1 aromatic rings. The third-order valence-electron chi connectivity index (χ3n) is 11.6. The number of carbonyl (C=O) groups is 8. The van der Waals surface area contributed by atoms with Crippen molar-refractivity contribution in [1.29, 1.82) is 0 Å². The number of aromatic nitrogens is 2. The Hall–Kier alpha value is -4.87. The minimum atomic E-state index is -1.60. The average Bonchev–Trinajstić information content (AvgIpc) is 3.93. The van der Waals surface area contributed by atoms with E-state index < -0.39 is 78.2 Å². The zero-order valence-corrected chi connectivity index (χ0v) is 34.0. The van der Waals surface area contributed by atoms with Crippen LogP contribution in [0.2, 0.25) is 0 Å². The summed E-state index contributed by atoms with van der Waals surface area (Å²) < 4.78 is 1.29. The van der Waals surface area contributed by atoms with E-state index >= 15 is 0 Å². The third-order valence-corrected chi connectivity index (χ3v) is 11.6. The van der Waals surface area contributed by atoms with Crippen LogP contribution in [0.3, 0.4) is 0 Å². The molecule has 1 aliphatic carbocycles. The Bertz CT molecular complexity index is 1600. The maximum Gasteiger partial charge on any atom is 0.305 e. The Balaban J connectivity index is 1.49. The minimum Gasteiger partial charge on any atom is -0.481 e. The van der Waals surface area contributed by atoms with E-state index in [4.69, 9.17) is 0 Å². The zero-order valence-electron chi connectivity index (χ0n) is 34.0. The number of amides is 6. The van der Waals surface area contributed by atoms with Crippen molar-refractivity contribution in [3.63, 3.8) is 0 Å². The van der Waals surface area contributed by atoms with Crippen molar-refractivity contribution in [3.8, 4) is 0 Å². The van der Waals surface area contributed by atoms with Crippen molar-refractivity contribution in [2.75, 3.05) is 19.6 Å². The highest BCUT2D eigenvalue weighted by Crippen LogP contribution is 2.31. The quantitative estimate of drug-likeness (QED) is 0.116. The number of likely N-dealkylation sites (tertiary alicyclic amines) is 2. The Kier molecular flexibility index (Phi) is 17.6. The smallest absolute Gasteiger partial charge is 0.305 e. The summed E-state index contributed by atoms with van der Waals surface area (Å²) >= 11 is 0. The molecule has 7 atom stereocenters. The van der Waals surface area contributed by atoms with Gasteiger partial charge in [0, 0.05) is 44.9 Å². The second-order valence-electron chi connectivity index (χ2n) is 16.0. The van der Waals surface area contributed by atoms with Gasteiger partial charge in [-0.25, -0.2) is 4.98 Å². The second kappa shape index (κ2) is 22.3. The first-order chi connectivity index (χ1) is 27.7. The summed E-state index contributed by atoms with van der Waals surface area (Å²) in [7, 11) is 0. The van der Waals surface area contributed by atoms with E-state index in [1.807, 2.05) is 13.8 Å². The van der Waals surface area contributed by atoms with Crippen LogP contribution in [0.1, 0.15) is 122 Å². The van der Waals surface area contributed by atoms with Gasteiger partial charge in [0.2, 0.25) is 41.4 Å². The van der Waals surface area contributed by atoms with Crippen molar-refractivity contribution in [2.24, 2.45) is 11.8 Å². The van der Waals surface area contributed by atoms with Crippen molar-refractivity contribution in [1.82, 2.24) is 40.6 Å². The normalized spacial score (nSPS) is 21.2. The molecular formula is C40H62N8O10. The summed E-state index contributed by atoms with van der Waals surface area (Å²) in [6.45, 7) is 5.79. The fourth-order valence-electron chi connectivity index (χ4n) is 8.30. The molecule has 1 aromatic heterocycles. The number of carboxylic acid groups (broad SMARTS) is 1. The van der Waals surface area contributed by atoms with Gasteiger partial charge in [-0.1, -0.05) is 46.0 Å². The lowest BCUT2D eigenvalue weighted by Crippen LogP contribution is -2.61. The number of rotatable bonds is 19. The second-order valence-corrected chi connectivity index (χ2v) is 16.0. The molecule has 6 N–H and O–H groups in total. The van der Waals surface area contributed by atoms with E-state index in [1.54, 1.807) is 0 Å². The number of carboxylic acids is 1. The first kappa shape index (κ1) is 45.8. The van der Waals surface area contributed by atoms with Gasteiger partial charge in [0.1, 0.15) is 36.5 Å². The number of aliphatic carboxylic acids is 1. The lowest BCUT2D eigenvalue weighted by atomic mass is 9.79. The lowest BCUT2D eigenvalue weighted by molar-refractivity contribution is -0.149. The maximum atomic E-state index is 14.3. The molecule has 2 aliphatic heterocycles. The molecule has 3 aliphatic rings. The van der Waals surface area contributed by atoms with E-state index in [0.29, 0.717) is 38.1 Å². The number of imidazole rings is 1. The highest BCUT2D eigenvalue weighted by molar-refractivity contribution is 5.98. The Morgan fingerprint density at radius 2 is 1.40 bits per heavy atom. The van der Waals surface area contributed by atoms with Crippen LogP contribution in [0.25, 0.3) is 0 Å². The standard InChI is InChI=1S/C40H62N8O10/c1-4-17-42-38(56)35(26(3)49)45-37(55)31-14-10-20-48(31)40(58)29(23-34(52)53)44-36(54)30-13-8-9-19-47(30)39(57)28(15-16-33(51)46-21-18-41-24-46)43-32(50)22-25(2)27-11-6-5-7-12-27/h18,21,24-31,35,49H,4-17,19-20,22-23H2,1-3H3,(H,42,56)(H,43,50)(H,44,54)(H,45,55)(H,52,53)/t25-,26+,28-,29-,30-,31-,35-/m0/s1. The Morgan fingerprint density at radius 1 is 0.776 bits per heavy atom. The van der Waals surface area contributed by atoms with Crippen LogP contribution in [-0.4, -0.2) is 133 Å². The molecular weight excluding hydrogens is 752 g/mol. The molecule has 3 fully saturated rings. The van der Waals surface area contributed by atoms with Gasteiger partial charge in [-0.05, 0) is 63.7 Å². The van der Waals surface area contributed by atoms with E-state index in [1.165, 1.54) is 46.4 Å². The van der Waals surface area contributed by atoms with Crippen LogP contribution in [0.4, 0.5) is 0 Å². The van der Waals surface area contributed by atoms with Crippen LogP contribution in [-0.2, 0) is 33.6 Å². The van der Waals surface area contributed by atoms with Gasteiger partial charge >= 0.3 is 5.97 Å². The Morgan fingerprint density at radius 3 is 2.02 bits per heavy atom. The zero-order chi connectivity index (χ0) is 42.4. The molecule has 58 heavy (non-hydrogen) atoms. The number of hydrogen-bond acceptors (Lipinski definition) is 10. The monoisotopic (exact) mass is 814 g/mol. The number of aliphatic hydroxyl groups is 1. The fraction of sp³-hybridized carbons (Fsp3) is 0.725. The largest absolute Gasteiger partial charge is 0.481 e. The van der Waals surface area contributed by atoms with Gasteiger partial charge in [-0.2, -0.15) is 0 Å². The predicted octanol–water partition coefficient (Wildman–Crippen LogP) is 1.12. The number of hydrogen-bond donors (Lipinski definition) is 6. The molecule has 322 valence electrons. The highest BCUT2D eigenvalue weighted by atomic mass is 16.4. The molecule has 6 amide bonds. The average molecular weight is 815 g/mol. The predicted molar refractivity (Wildman–Crippen MR) is 210 cm³/mol. The maximum absolute atomic E-state index is 14.3. The van der Waals surface area contributed by atoms with Crippen LogP contribution >= 0.6 is 0 Å². The summed E-state index contributed by atoms with van der Waals surface area (Å²) in [6, 6.07) is -6.23. The van der Waals surface area contributed by atoms with Crippen molar-refractivity contribution < 1.29 is 48.6 Å². The van der Waals surface area contributed by atoms with Crippen molar-refractivity contribution >= 4 is 47.3 Å². The van der Waals surface area contributed by atoms with Crippen LogP contribution in [0, 0.1) is 11.8 Å². The van der Waals surface area contributed by atoms with E-state index in [2.05, 4.69) is 26.3 Å². The molecule has 0 bridgehead atoms. The number of nitrogens with zero attached hydrogens (tertiary/aromatic N) is 4. The molecule has 0 unspecified atom stereocenters. The summed E-state index contributed by atoms with van der Waals surface area (Å²) in [6.07, 6.45) is 10.3. The number of carbonyl (C=O) groups excluding carboxylic acids is 7. The summed E-state index contributed by atoms with van der Waals surface area (Å²) in [4.78, 5) is 113. The van der Waals surface area contributed by atoms with Gasteiger partial charge < -0.3 is 41.3 Å². The fourth-order valence-corrected chi connectivity index (χ4v) is 8.30. The van der Waals surface area contributed by atoms with Crippen molar-refractivity contribution in [2.45, 2.75) is 153 Å². The summed E-state index contributed by atoms with van der Waals surface area (Å²) in [5.74, 6) is -5.01. The number of piperidine rings is 1. The van der Waals surface area contributed by atoms with Gasteiger partial charge in [-0.3, -0.25) is 42.9 Å². The summed E-state index contributed by atoms with van der Waals surface area (Å²) in [5, 5.41) is 30.6. The third kappa shape index (κ3) is 12.8. The number of nitrogens with one attached hydrogen (secondary N) is 4. The van der Waals surface area contributed by atoms with Gasteiger partial charge in [0.15, 0.2) is 0 Å². The first-order valence-corrected chi connectivity index (χ1v) is 20.9. The Labute approximate surface area is 339 Å². The van der Waals surface area contributed by atoms with E-state index in [9.17, 15) is 48.6 Å². The topological polar surface area (TPSA) is 249 Å². The van der Waals surface area contributed by atoms with E-state index in [-0.39, 0.29) is 62.9 Å². The van der Waals surface area contributed by atoms with E-state index in [0.717, 1.165) is 25.7 Å². The molecule has 1 saturated carbocycles. The van der Waals surface area contributed by atoms with Gasteiger partial charge in [0.25, 0.3) is 0 Å². The SMILES string of the molecule is CCCNC(=O)[C@@H](NC(=O)[C@@H]1CCCN1C(=O)[C@H](CC(=O)O)NC(=O)[C@@H]1CCCCN1C(=O)[C@H](CCC(=O)n1ccnc1)NC(=O)C[C@H](C)C1CCCCC1)[C@@H](C)O. The highest BCUT2D eigenvalue weighted by Gasteiger charge is 2.42. The molecule has 4 rings (SSSR count). The first-order valence-electron chi connectivity index (χ1n) is 20.9. The molecule has 2 saturated heterocycles. The molecule has 18 heteroatoms. The lowest BCUT2D eigenvalue weighted by Gasteiger charge is -2.38. The summed E-state index contributed by atoms with van der Waals surface area (Å²) in [5.41, 5.74) is 0. The van der Waals surface area contributed by atoms with Crippen LogP contribution in [0.15, 0.2) is 18.7 Å².